The molecule has 4 aromatic rings. The van der Waals surface area contributed by atoms with Gasteiger partial charge >= 0.3 is 143 Å². The molecule has 0 aliphatic heterocycles. The maximum atomic E-state index is 15.0. The van der Waals surface area contributed by atoms with Crippen LogP contribution in [-0.4, -0.2) is 149 Å². The molecule has 624 valence electrons. The van der Waals surface area contributed by atoms with Crippen LogP contribution in [0.25, 0.3) is 0 Å². The van der Waals surface area contributed by atoms with Gasteiger partial charge in [-0.1, -0.05) is 97.1 Å². The van der Waals surface area contributed by atoms with Gasteiger partial charge in [0.05, 0.1) is 0 Å². The first-order valence-corrected chi connectivity index (χ1v) is 28.1. The number of halogens is 52. The maximum absolute atomic E-state index is 15.0. The van der Waals surface area contributed by atoms with E-state index in [0.29, 0.717) is 48.5 Å². The first-order chi connectivity index (χ1) is 47.7. The number of hydrogen-bond donors (Lipinski definition) is 0. The van der Waals surface area contributed by atoms with Crippen LogP contribution in [0.4, 0.5) is 228 Å². The van der Waals surface area contributed by atoms with E-state index in [1.807, 2.05) is 0 Å². The summed E-state index contributed by atoms with van der Waals surface area (Å²) in [6.45, 7) is 0. The molecule has 0 fully saturated rings. The second-order valence-electron chi connectivity index (χ2n) is 23.8. The molecule has 0 saturated heterocycles. The highest BCUT2D eigenvalue weighted by Gasteiger charge is 2.95. The van der Waals surface area contributed by atoms with Gasteiger partial charge in [0, 0.05) is 25.7 Å². The summed E-state index contributed by atoms with van der Waals surface area (Å²) in [6, 6.07) is 4.36. The lowest BCUT2D eigenvalue weighted by molar-refractivity contribution is -0.440. The Morgan fingerprint density at radius 1 is 0.147 bits per heavy atom. The zero-order chi connectivity index (χ0) is 86.1. The van der Waals surface area contributed by atoms with Gasteiger partial charge in [0.2, 0.25) is 0 Å². The molecule has 0 saturated carbocycles. The summed E-state index contributed by atoms with van der Waals surface area (Å²) in [5.74, 6) is -160. The Bertz CT molecular complexity index is 3260. The largest absolute Gasteiger partial charge is 0.460 e. The topological polar surface area (TPSA) is 0 Å². The Hall–Kier alpha value is -6.70. The second kappa shape index (κ2) is 27.8. The van der Waals surface area contributed by atoms with E-state index in [1.165, 1.54) is 0 Å². The molecule has 53 heteroatoms. The summed E-state index contributed by atoms with van der Waals surface area (Å²) in [6.07, 6.45) is -56.5. The molecule has 109 heavy (non-hydrogen) atoms. The Morgan fingerprint density at radius 3 is 0.367 bits per heavy atom. The number of aryl methyl sites for hydroxylation is 4. The van der Waals surface area contributed by atoms with E-state index in [9.17, 15) is 193 Å². The Balaban J connectivity index is 2.09. The van der Waals surface area contributed by atoms with Crippen molar-refractivity contribution < 1.29 is 228 Å². The molecule has 0 nitrogen and oxygen atoms in total. The van der Waals surface area contributed by atoms with Gasteiger partial charge in [0.25, 0.3) is 0 Å². The first kappa shape index (κ1) is 94.7. The smallest absolute Gasteiger partial charge is 0.200 e. The fraction of sp³-hybridized carbons (Fsp3) is 0.571. The van der Waals surface area contributed by atoms with Crippen molar-refractivity contribution in [3.05, 3.63) is 119 Å². The molecule has 4 aromatic carbocycles. The van der Waals surface area contributed by atoms with Gasteiger partial charge in [-0.25, -0.2) is 0 Å². The van der Waals surface area contributed by atoms with Crippen molar-refractivity contribution in [1.29, 1.82) is 0 Å². The molecule has 4 rings (SSSR count). The van der Waals surface area contributed by atoms with Gasteiger partial charge in [-0.15, -0.1) is 0 Å². The monoisotopic (exact) mass is 1700 g/mol. The van der Waals surface area contributed by atoms with E-state index in [1.54, 1.807) is 0 Å². The minimum absolute atomic E-state index is 0.214. The van der Waals surface area contributed by atoms with Crippen molar-refractivity contribution in [2.24, 2.45) is 0 Å². The minimum atomic E-state index is -8.48. The van der Waals surface area contributed by atoms with Crippen LogP contribution in [-0.2, 0) is 25.7 Å². The maximum Gasteiger partial charge on any atom is 0.460 e. The molecule has 0 atom stereocenters. The van der Waals surface area contributed by atoms with Crippen LogP contribution in [0, 0.1) is 0 Å². The third-order valence-electron chi connectivity index (χ3n) is 16.8. The first-order valence-electron chi connectivity index (χ1n) is 28.1. The number of hydrogen-bond acceptors (Lipinski definition) is 0. The van der Waals surface area contributed by atoms with E-state index in [2.05, 4.69) is 0 Å². The van der Waals surface area contributed by atoms with Crippen LogP contribution in [0.1, 0.15) is 47.9 Å². The van der Waals surface area contributed by atoms with Gasteiger partial charge < -0.3 is 0 Å². The van der Waals surface area contributed by atoms with Gasteiger partial charge in [-0.2, -0.15) is 250 Å². The highest BCUT2D eigenvalue weighted by molar-refractivity contribution is 7.19. The number of benzene rings is 4. The van der Waals surface area contributed by atoms with Gasteiger partial charge in [-0.3, -0.25) is 0 Å². The number of rotatable bonds is 32. The summed E-state index contributed by atoms with van der Waals surface area (Å²) >= 11 is 0. The van der Waals surface area contributed by atoms with Crippen LogP contribution in [0.5, 0.6) is 0 Å². The van der Waals surface area contributed by atoms with Crippen LogP contribution in [0.2, 0.25) is 0 Å². The van der Waals surface area contributed by atoms with Crippen molar-refractivity contribution in [3.63, 3.8) is 0 Å². The lowest BCUT2D eigenvalue weighted by atomic mass is 9.13. The minimum Gasteiger partial charge on any atom is -0.200 e. The van der Waals surface area contributed by atoms with Crippen molar-refractivity contribution in [2.75, 3.05) is 0 Å². The normalized spacial score (nSPS) is 15.8. The molecule has 0 unspecified atom stereocenters. The van der Waals surface area contributed by atoms with E-state index >= 15 is 35.1 Å². The van der Waals surface area contributed by atoms with Crippen molar-refractivity contribution in [2.45, 2.75) is 195 Å². The SMILES string of the molecule is FC(F)(F)C(F)(F)C(F)(F)C(F)(F)C(F)(F)C(F)(F)CCc1ccc([B-](c2ccc(CCC(F)(F)C(F)(F)C(F)(F)C(F)(F)C(F)(F)C(F)(F)F)cc2)(c2ccc(CCC(F)(F)C(F)(F)C(F)(F)C(F)(F)C(F)(F)C(F)(F)F)cc2)c2ccc(CCC(F)(F)C(F)(F)C(F)(F)C(F)(F)C(F)(F)C(F)(F)F)cc2)cc1. The van der Waals surface area contributed by atoms with Gasteiger partial charge in [-0.05, 0) is 47.9 Å². The second-order valence-corrected chi connectivity index (χ2v) is 23.8. The zero-order valence-electron chi connectivity index (χ0n) is 51.1. The van der Waals surface area contributed by atoms with Crippen molar-refractivity contribution in [3.8, 4) is 0 Å². The third-order valence-corrected chi connectivity index (χ3v) is 16.8. The van der Waals surface area contributed by atoms with Crippen LogP contribution in [0.15, 0.2) is 97.1 Å². The Kier molecular flexibility index (Phi) is 24.2. The third kappa shape index (κ3) is 14.6. The molecule has 0 heterocycles. The van der Waals surface area contributed by atoms with E-state index in [0.717, 1.165) is 0 Å². The molecule has 0 aromatic heterocycles. The van der Waals surface area contributed by atoms with E-state index in [4.69, 9.17) is 0 Å². The van der Waals surface area contributed by atoms with Crippen molar-refractivity contribution in [1.82, 2.24) is 0 Å². The Morgan fingerprint density at radius 2 is 0.257 bits per heavy atom. The van der Waals surface area contributed by atoms with Crippen LogP contribution in [0.3, 0.4) is 0 Å². The molecule has 0 radical (unpaired) electrons. The van der Waals surface area contributed by atoms with Crippen molar-refractivity contribution >= 4 is 28.0 Å². The summed E-state index contributed by atoms with van der Waals surface area (Å²) < 4.78 is 725. The molecular formula is C56H32BF52-. The molecular weight excluding hydrogens is 1670 g/mol. The summed E-state index contributed by atoms with van der Waals surface area (Å²) in [5, 5.41) is 0. The lowest BCUT2D eigenvalue weighted by Crippen LogP contribution is -2.74. The van der Waals surface area contributed by atoms with Gasteiger partial charge in [0.15, 0.2) is 0 Å². The Labute approximate surface area is 570 Å². The lowest BCUT2D eigenvalue weighted by Gasteiger charge is -2.44. The molecule has 0 spiro atoms. The predicted molar refractivity (Wildman–Crippen MR) is 267 cm³/mol. The molecule has 0 N–H and O–H groups in total. The van der Waals surface area contributed by atoms with Crippen LogP contribution < -0.4 is 21.9 Å². The average Bonchev–Trinajstić information content (AvgIpc) is 0.732. The fourth-order valence-electron chi connectivity index (χ4n) is 10.1. The predicted octanol–water partition coefficient (Wildman–Crippen LogP) is 21.7. The highest BCUT2D eigenvalue weighted by Crippen LogP contribution is 2.66. The molecule has 0 bridgehead atoms. The molecule has 0 aliphatic carbocycles. The van der Waals surface area contributed by atoms with Crippen LogP contribution >= 0.6 is 0 Å². The summed E-state index contributed by atoms with van der Waals surface area (Å²) in [4.78, 5) is 0. The highest BCUT2D eigenvalue weighted by atomic mass is 19.5. The summed E-state index contributed by atoms with van der Waals surface area (Å²) in [7, 11) is 0. The quantitative estimate of drug-likeness (QED) is 0.0338. The average molecular weight is 1700 g/mol. The standard InChI is InChI=1S/C56H32BF52/c58-33(59,37(66,67)41(74,75)45(82,83)49(90,91)53(98,99)100)21-17-25-1-9-29(10-2-25)57(30-11-3-26(4-12-30)18-22-34(60,61)38(68,69)42(76,77)46(84,85)50(92,93)54(101,102)103,31-13-5-27(6-14-31)19-23-35(62,63)39(70,71)43(78,79)47(86,87)51(94,95)55(104,105)106)32-15-7-28(8-16-32)20-24-36(64,65)40(72,73)44(80,81)48(88,89)52(96,97)56(107,108)109/h1-16H,17-24H2/q-1. The molecule has 0 aliphatic rings. The fourth-order valence-corrected chi connectivity index (χ4v) is 10.1. The summed E-state index contributed by atoms with van der Waals surface area (Å²) in [5.41, 5.74) is -8.20. The number of alkyl halides is 52. The molecule has 0 amide bonds. The van der Waals surface area contributed by atoms with E-state index < -0.39 is 245 Å². The van der Waals surface area contributed by atoms with E-state index in [-0.39, 0.29) is 48.5 Å². The zero-order valence-corrected chi connectivity index (χ0v) is 51.1. The van der Waals surface area contributed by atoms with Gasteiger partial charge in [0.1, 0.15) is 6.15 Å².